The molecule has 2 aromatic rings. The van der Waals surface area contributed by atoms with Crippen LogP contribution in [0, 0.1) is 11.3 Å². The van der Waals surface area contributed by atoms with E-state index in [0.29, 0.717) is 10.6 Å². The number of hydrogen-bond acceptors (Lipinski definition) is 3. The third-order valence-electron chi connectivity index (χ3n) is 3.51. The summed E-state index contributed by atoms with van der Waals surface area (Å²) in [6.45, 7) is 0. The first-order valence-electron chi connectivity index (χ1n) is 6.41. The van der Waals surface area contributed by atoms with Crippen LogP contribution in [0.25, 0.3) is 0 Å². The Morgan fingerprint density at radius 3 is 2.95 bits per heavy atom. The topological polar surface area (TPSA) is 35.8 Å². The first-order chi connectivity index (χ1) is 9.67. The highest BCUT2D eigenvalue weighted by Crippen LogP contribution is 2.40. The lowest BCUT2D eigenvalue weighted by Crippen LogP contribution is -2.15. The summed E-state index contributed by atoms with van der Waals surface area (Å²) in [5.41, 5.74) is 2.69. The highest BCUT2D eigenvalue weighted by molar-refractivity contribution is 7.16. The molecule has 0 fully saturated rings. The summed E-state index contributed by atoms with van der Waals surface area (Å²) in [6.07, 6.45) is 3.28. The van der Waals surface area contributed by atoms with Gasteiger partial charge in [-0.05, 0) is 49.1 Å². The van der Waals surface area contributed by atoms with E-state index in [2.05, 4.69) is 11.4 Å². The zero-order valence-corrected chi connectivity index (χ0v) is 12.9. The maximum absolute atomic E-state index is 8.98. The number of benzene rings is 1. The van der Waals surface area contributed by atoms with Crippen molar-refractivity contribution in [2.45, 2.75) is 25.3 Å². The van der Waals surface area contributed by atoms with Crippen LogP contribution in [0.3, 0.4) is 0 Å². The van der Waals surface area contributed by atoms with Gasteiger partial charge in [-0.15, -0.1) is 11.3 Å². The van der Waals surface area contributed by atoms with Crippen LogP contribution in [0.4, 0.5) is 5.69 Å². The minimum absolute atomic E-state index is 0.217. The lowest BCUT2D eigenvalue weighted by Gasteiger charge is -2.25. The van der Waals surface area contributed by atoms with Gasteiger partial charge >= 0.3 is 0 Å². The molecule has 20 heavy (non-hydrogen) atoms. The predicted molar refractivity (Wildman–Crippen MR) is 84.8 cm³/mol. The van der Waals surface area contributed by atoms with E-state index in [1.165, 1.54) is 10.4 Å². The van der Waals surface area contributed by atoms with Gasteiger partial charge in [-0.25, -0.2) is 0 Å². The number of halogens is 2. The maximum Gasteiger partial charge on any atom is 0.0992 e. The number of aryl methyl sites for hydroxylation is 1. The lowest BCUT2D eigenvalue weighted by molar-refractivity contribution is 0.609. The second kappa shape index (κ2) is 5.65. The molecule has 0 saturated heterocycles. The van der Waals surface area contributed by atoms with Crippen LogP contribution in [0.2, 0.25) is 9.36 Å². The minimum Gasteiger partial charge on any atom is -0.377 e. The van der Waals surface area contributed by atoms with Crippen molar-refractivity contribution in [1.82, 2.24) is 0 Å². The van der Waals surface area contributed by atoms with E-state index in [9.17, 15) is 0 Å². The van der Waals surface area contributed by atoms with Crippen molar-refractivity contribution in [1.29, 1.82) is 5.26 Å². The smallest absolute Gasteiger partial charge is 0.0992 e. The Morgan fingerprint density at radius 1 is 1.30 bits per heavy atom. The molecule has 1 atom stereocenters. The van der Waals surface area contributed by atoms with Gasteiger partial charge < -0.3 is 5.32 Å². The Balaban J connectivity index is 1.91. The minimum atomic E-state index is 0.217. The molecule has 1 heterocycles. The average molecular weight is 323 g/mol. The number of nitrogens with one attached hydrogen (secondary N) is 1. The van der Waals surface area contributed by atoms with Gasteiger partial charge in [0.2, 0.25) is 0 Å². The van der Waals surface area contributed by atoms with Gasteiger partial charge in [-0.1, -0.05) is 23.2 Å². The summed E-state index contributed by atoms with van der Waals surface area (Å²) in [4.78, 5) is 1.35. The van der Waals surface area contributed by atoms with Crippen molar-refractivity contribution in [3.63, 3.8) is 0 Å². The summed E-state index contributed by atoms with van der Waals surface area (Å²) in [7, 11) is 0. The molecule has 2 nitrogen and oxygen atoms in total. The second-order valence-electron chi connectivity index (χ2n) is 4.82. The molecule has 1 aliphatic carbocycles. The van der Waals surface area contributed by atoms with Crippen LogP contribution in [-0.2, 0) is 6.42 Å². The van der Waals surface area contributed by atoms with Crippen molar-refractivity contribution < 1.29 is 0 Å². The van der Waals surface area contributed by atoms with Crippen LogP contribution in [0.1, 0.15) is 34.9 Å². The van der Waals surface area contributed by atoms with Gasteiger partial charge in [0.25, 0.3) is 0 Å². The Hall–Kier alpha value is -1.21. The van der Waals surface area contributed by atoms with Gasteiger partial charge in [0.1, 0.15) is 0 Å². The zero-order chi connectivity index (χ0) is 14.1. The molecule has 0 amide bonds. The van der Waals surface area contributed by atoms with Gasteiger partial charge in [0.15, 0.2) is 0 Å². The van der Waals surface area contributed by atoms with Crippen LogP contribution in [0.15, 0.2) is 24.3 Å². The quantitative estimate of drug-likeness (QED) is 0.801. The second-order valence-corrected chi connectivity index (χ2v) is 7.00. The van der Waals surface area contributed by atoms with Gasteiger partial charge in [-0.2, -0.15) is 5.26 Å². The van der Waals surface area contributed by atoms with Crippen molar-refractivity contribution in [2.24, 2.45) is 0 Å². The number of hydrogen-bond donors (Lipinski definition) is 1. The molecule has 0 bridgehead atoms. The van der Waals surface area contributed by atoms with Crippen LogP contribution >= 0.6 is 34.5 Å². The molecular weight excluding hydrogens is 311 g/mol. The highest BCUT2D eigenvalue weighted by Gasteiger charge is 2.23. The first-order valence-corrected chi connectivity index (χ1v) is 7.99. The number of rotatable bonds is 2. The molecule has 1 aliphatic rings. The molecule has 1 aromatic heterocycles. The van der Waals surface area contributed by atoms with Crippen molar-refractivity contribution >= 4 is 40.2 Å². The number of fused-ring (bicyclic) bond motifs is 1. The molecular formula is C15H12Cl2N2S. The van der Waals surface area contributed by atoms with Gasteiger partial charge in [0.05, 0.1) is 32.7 Å². The summed E-state index contributed by atoms with van der Waals surface area (Å²) < 4.78 is 0.834. The van der Waals surface area contributed by atoms with E-state index in [4.69, 9.17) is 28.5 Å². The number of nitrogens with zero attached hydrogens (tertiary/aromatic N) is 1. The monoisotopic (exact) mass is 322 g/mol. The van der Waals surface area contributed by atoms with Crippen LogP contribution < -0.4 is 5.32 Å². The molecule has 0 spiro atoms. The van der Waals surface area contributed by atoms with Crippen molar-refractivity contribution in [2.75, 3.05) is 5.32 Å². The number of thiophene rings is 1. The summed E-state index contributed by atoms with van der Waals surface area (Å²) in [5, 5.41) is 13.1. The van der Waals surface area contributed by atoms with E-state index in [1.807, 2.05) is 6.07 Å². The fourth-order valence-electron chi connectivity index (χ4n) is 2.56. The molecule has 1 unspecified atom stereocenters. The standard InChI is InChI=1S/C15H12Cl2N2S/c16-11-5-4-9(8-18)6-13(11)19-12-2-1-3-14-10(12)7-15(17)20-14/h4-7,12,19H,1-3H2. The molecule has 1 N–H and O–H groups in total. The molecule has 0 aliphatic heterocycles. The Labute approximate surface area is 131 Å². The molecule has 1 aromatic carbocycles. The highest BCUT2D eigenvalue weighted by atomic mass is 35.5. The Kier molecular flexibility index (Phi) is 3.89. The van der Waals surface area contributed by atoms with E-state index in [0.717, 1.165) is 29.3 Å². The fourth-order valence-corrected chi connectivity index (χ4v) is 4.12. The summed E-state index contributed by atoms with van der Waals surface area (Å²) >= 11 is 14.0. The van der Waals surface area contributed by atoms with E-state index in [-0.39, 0.29) is 6.04 Å². The van der Waals surface area contributed by atoms with Gasteiger partial charge in [0, 0.05) is 4.88 Å². The predicted octanol–water partition coefficient (Wildman–Crippen LogP) is 5.42. The largest absolute Gasteiger partial charge is 0.377 e. The number of anilines is 1. The van der Waals surface area contributed by atoms with Crippen molar-refractivity contribution in [3.8, 4) is 6.07 Å². The molecule has 3 rings (SSSR count). The fraction of sp³-hybridized carbons (Fsp3) is 0.267. The average Bonchev–Trinajstić information content (AvgIpc) is 2.82. The molecule has 102 valence electrons. The van der Waals surface area contributed by atoms with Crippen LogP contribution in [0.5, 0.6) is 0 Å². The molecule has 0 radical (unpaired) electrons. The van der Waals surface area contributed by atoms with E-state index in [1.54, 1.807) is 29.5 Å². The van der Waals surface area contributed by atoms with Gasteiger partial charge in [-0.3, -0.25) is 0 Å². The van der Waals surface area contributed by atoms with E-state index >= 15 is 0 Å². The normalized spacial score (nSPS) is 17.4. The lowest BCUT2D eigenvalue weighted by atomic mass is 9.94. The summed E-state index contributed by atoms with van der Waals surface area (Å²) in [5.74, 6) is 0. The first kappa shape index (κ1) is 13.8. The number of nitriles is 1. The Morgan fingerprint density at radius 2 is 2.15 bits per heavy atom. The van der Waals surface area contributed by atoms with E-state index < -0.39 is 0 Å². The SMILES string of the molecule is N#Cc1ccc(Cl)c(NC2CCCc3sc(Cl)cc32)c1. The zero-order valence-electron chi connectivity index (χ0n) is 10.6. The molecule has 5 heteroatoms. The third-order valence-corrected chi connectivity index (χ3v) is 5.18. The van der Waals surface area contributed by atoms with Crippen molar-refractivity contribution in [3.05, 3.63) is 49.6 Å². The maximum atomic E-state index is 8.98. The molecule has 0 saturated carbocycles. The van der Waals surface area contributed by atoms with Crippen LogP contribution in [-0.4, -0.2) is 0 Å². The third kappa shape index (κ3) is 2.64. The Bertz CT molecular complexity index is 688. The summed E-state index contributed by atoms with van der Waals surface area (Å²) in [6, 6.07) is 9.67.